The van der Waals surface area contributed by atoms with E-state index in [1.54, 1.807) is 0 Å². The Hall–Kier alpha value is -1.43. The van der Waals surface area contributed by atoms with Gasteiger partial charge in [0, 0.05) is 12.5 Å². The van der Waals surface area contributed by atoms with Gasteiger partial charge in [-0.2, -0.15) is 0 Å². The van der Waals surface area contributed by atoms with Gasteiger partial charge in [0.05, 0.1) is 10.7 Å². The molecule has 106 valence electrons. The molecule has 1 aromatic rings. The van der Waals surface area contributed by atoms with Crippen LogP contribution in [-0.4, -0.2) is 28.0 Å². The standard InChI is InChI=1S/C13H20N2O3S/c1-4-5-10-15-9(3)12(19-10)13(18)14-8(2)6-7-11(16)17/h8H,4-7H2,1-3H3,(H,14,18)(H,16,17). The number of carbonyl (C=O) groups is 2. The lowest BCUT2D eigenvalue weighted by atomic mass is 10.2. The molecule has 1 heterocycles. The number of rotatable bonds is 7. The molecule has 0 saturated carbocycles. The third kappa shape index (κ3) is 4.98. The van der Waals surface area contributed by atoms with Crippen LogP contribution < -0.4 is 5.32 Å². The number of aryl methyl sites for hydroxylation is 2. The van der Waals surface area contributed by atoms with E-state index in [0.717, 1.165) is 23.5 Å². The summed E-state index contributed by atoms with van der Waals surface area (Å²) in [7, 11) is 0. The minimum atomic E-state index is -0.847. The van der Waals surface area contributed by atoms with Crippen molar-refractivity contribution in [3.05, 3.63) is 15.6 Å². The van der Waals surface area contributed by atoms with E-state index in [1.165, 1.54) is 11.3 Å². The third-order valence-electron chi connectivity index (χ3n) is 2.68. The number of amides is 1. The normalized spacial score (nSPS) is 12.2. The molecule has 0 aliphatic heterocycles. The Morgan fingerprint density at radius 2 is 2.16 bits per heavy atom. The number of hydrogen-bond donors (Lipinski definition) is 2. The quantitative estimate of drug-likeness (QED) is 0.805. The molecule has 1 aromatic heterocycles. The lowest BCUT2D eigenvalue weighted by molar-refractivity contribution is -0.137. The first kappa shape index (κ1) is 15.6. The number of aromatic nitrogens is 1. The SMILES string of the molecule is CCCc1nc(C)c(C(=O)NC(C)CCC(=O)O)s1. The molecule has 1 atom stereocenters. The molecule has 0 fully saturated rings. The fraction of sp³-hybridized carbons (Fsp3) is 0.615. The fourth-order valence-electron chi connectivity index (χ4n) is 1.69. The average molecular weight is 284 g/mol. The van der Waals surface area contributed by atoms with Gasteiger partial charge in [0.25, 0.3) is 5.91 Å². The first-order valence-corrected chi connectivity index (χ1v) is 7.24. The average Bonchev–Trinajstić information content (AvgIpc) is 2.68. The zero-order valence-electron chi connectivity index (χ0n) is 11.5. The highest BCUT2D eigenvalue weighted by Gasteiger charge is 2.17. The Kier molecular flexibility index (Phi) is 5.95. The second kappa shape index (κ2) is 7.23. The molecule has 1 amide bonds. The minimum absolute atomic E-state index is 0.0597. The minimum Gasteiger partial charge on any atom is -0.481 e. The van der Waals surface area contributed by atoms with Gasteiger partial charge in [0.1, 0.15) is 4.88 Å². The Bertz CT molecular complexity index is 457. The topological polar surface area (TPSA) is 79.3 Å². The van der Waals surface area contributed by atoms with E-state index in [-0.39, 0.29) is 18.4 Å². The number of carbonyl (C=O) groups excluding carboxylic acids is 1. The van der Waals surface area contributed by atoms with Crippen molar-refractivity contribution in [1.29, 1.82) is 0 Å². The van der Waals surface area contributed by atoms with Crippen molar-refractivity contribution in [3.8, 4) is 0 Å². The molecule has 6 heteroatoms. The second-order valence-corrected chi connectivity index (χ2v) is 5.66. The maximum Gasteiger partial charge on any atom is 0.303 e. The van der Waals surface area contributed by atoms with Crippen LogP contribution >= 0.6 is 11.3 Å². The summed E-state index contributed by atoms with van der Waals surface area (Å²) in [5.74, 6) is -1.00. The van der Waals surface area contributed by atoms with Gasteiger partial charge in [-0.3, -0.25) is 9.59 Å². The van der Waals surface area contributed by atoms with Crippen molar-refractivity contribution < 1.29 is 14.7 Å². The lowest BCUT2D eigenvalue weighted by Crippen LogP contribution is -2.32. The van der Waals surface area contributed by atoms with Crippen LogP contribution in [0.25, 0.3) is 0 Å². The van der Waals surface area contributed by atoms with Gasteiger partial charge in [-0.1, -0.05) is 6.92 Å². The maximum absolute atomic E-state index is 12.1. The van der Waals surface area contributed by atoms with Crippen LogP contribution in [0.4, 0.5) is 0 Å². The molecular formula is C13H20N2O3S. The largest absolute Gasteiger partial charge is 0.481 e. The molecule has 1 rings (SSSR count). The van der Waals surface area contributed by atoms with Gasteiger partial charge in [-0.05, 0) is 33.1 Å². The van der Waals surface area contributed by atoms with Crippen LogP contribution in [0.15, 0.2) is 0 Å². The van der Waals surface area contributed by atoms with Gasteiger partial charge in [-0.25, -0.2) is 4.98 Å². The first-order valence-electron chi connectivity index (χ1n) is 6.43. The summed E-state index contributed by atoms with van der Waals surface area (Å²) in [6.45, 7) is 5.71. The Morgan fingerprint density at radius 1 is 1.47 bits per heavy atom. The molecule has 0 bridgehead atoms. The van der Waals surface area contributed by atoms with Crippen LogP contribution in [0.2, 0.25) is 0 Å². The smallest absolute Gasteiger partial charge is 0.303 e. The third-order valence-corrected chi connectivity index (χ3v) is 3.90. The predicted octanol–water partition coefficient (Wildman–Crippen LogP) is 2.39. The molecule has 0 radical (unpaired) electrons. The Labute approximate surface area is 117 Å². The van der Waals surface area contributed by atoms with Gasteiger partial charge in [-0.15, -0.1) is 11.3 Å². The highest BCUT2D eigenvalue weighted by Crippen LogP contribution is 2.19. The summed E-state index contributed by atoms with van der Waals surface area (Å²) < 4.78 is 0. The van der Waals surface area contributed by atoms with Crippen molar-refractivity contribution >= 4 is 23.2 Å². The molecule has 0 aliphatic rings. The number of thiazole rings is 1. The lowest BCUT2D eigenvalue weighted by Gasteiger charge is -2.11. The monoisotopic (exact) mass is 284 g/mol. The summed E-state index contributed by atoms with van der Waals surface area (Å²) in [6.07, 6.45) is 2.38. The van der Waals surface area contributed by atoms with Crippen molar-refractivity contribution in [3.63, 3.8) is 0 Å². The molecule has 1 unspecified atom stereocenters. The van der Waals surface area contributed by atoms with E-state index >= 15 is 0 Å². The molecule has 19 heavy (non-hydrogen) atoms. The molecule has 0 saturated heterocycles. The predicted molar refractivity (Wildman–Crippen MR) is 74.6 cm³/mol. The van der Waals surface area contributed by atoms with Crippen molar-refractivity contribution in [1.82, 2.24) is 10.3 Å². The van der Waals surface area contributed by atoms with Crippen molar-refractivity contribution in [2.24, 2.45) is 0 Å². The molecule has 0 aliphatic carbocycles. The Balaban J connectivity index is 2.59. The zero-order valence-corrected chi connectivity index (χ0v) is 12.3. The number of hydrogen-bond acceptors (Lipinski definition) is 4. The number of nitrogens with one attached hydrogen (secondary N) is 1. The zero-order chi connectivity index (χ0) is 14.4. The van der Waals surface area contributed by atoms with Crippen LogP contribution in [0.5, 0.6) is 0 Å². The van der Waals surface area contributed by atoms with Gasteiger partial charge < -0.3 is 10.4 Å². The fourth-order valence-corrected chi connectivity index (χ4v) is 2.75. The summed E-state index contributed by atoms with van der Waals surface area (Å²) in [4.78, 5) is 27.5. The number of carboxylic acid groups (broad SMARTS) is 1. The molecule has 2 N–H and O–H groups in total. The van der Waals surface area contributed by atoms with Crippen LogP contribution in [-0.2, 0) is 11.2 Å². The van der Waals surface area contributed by atoms with E-state index in [0.29, 0.717) is 11.3 Å². The van der Waals surface area contributed by atoms with E-state index in [9.17, 15) is 9.59 Å². The molecule has 0 spiro atoms. The number of nitrogens with zero attached hydrogens (tertiary/aromatic N) is 1. The van der Waals surface area contributed by atoms with Gasteiger partial charge in [0.15, 0.2) is 0 Å². The van der Waals surface area contributed by atoms with Gasteiger partial charge >= 0.3 is 5.97 Å². The highest BCUT2D eigenvalue weighted by atomic mass is 32.1. The van der Waals surface area contributed by atoms with Crippen LogP contribution in [0.1, 0.15) is 53.5 Å². The van der Waals surface area contributed by atoms with E-state index < -0.39 is 5.97 Å². The van der Waals surface area contributed by atoms with Crippen LogP contribution in [0, 0.1) is 6.92 Å². The molecular weight excluding hydrogens is 264 g/mol. The van der Waals surface area contributed by atoms with Crippen molar-refractivity contribution in [2.75, 3.05) is 0 Å². The summed E-state index contributed by atoms with van der Waals surface area (Å²) in [5, 5.41) is 12.4. The van der Waals surface area contributed by atoms with E-state index in [2.05, 4.69) is 17.2 Å². The van der Waals surface area contributed by atoms with Gasteiger partial charge in [0.2, 0.25) is 0 Å². The number of carboxylic acids is 1. The summed E-state index contributed by atoms with van der Waals surface area (Å²) >= 11 is 1.42. The van der Waals surface area contributed by atoms with E-state index in [4.69, 9.17) is 5.11 Å². The maximum atomic E-state index is 12.1. The van der Waals surface area contributed by atoms with E-state index in [1.807, 2.05) is 13.8 Å². The summed E-state index contributed by atoms with van der Waals surface area (Å²) in [6, 6.07) is -0.153. The number of aliphatic carboxylic acids is 1. The highest BCUT2D eigenvalue weighted by molar-refractivity contribution is 7.13. The molecule has 5 nitrogen and oxygen atoms in total. The first-order chi connectivity index (χ1) is 8.93. The molecule has 0 aromatic carbocycles. The second-order valence-electron chi connectivity index (χ2n) is 4.58. The van der Waals surface area contributed by atoms with Crippen molar-refractivity contribution in [2.45, 2.75) is 52.5 Å². The summed E-state index contributed by atoms with van der Waals surface area (Å²) in [5.41, 5.74) is 0.747. The van der Waals surface area contributed by atoms with Crippen LogP contribution in [0.3, 0.4) is 0 Å². The Morgan fingerprint density at radius 3 is 2.74 bits per heavy atom.